The SMILES string of the molecule is CN(C)C(=O)C1CCCN1C(=O)CNC(=O)c1ccccc1Cl. The third kappa shape index (κ3) is 4.01. The van der Waals surface area contributed by atoms with E-state index in [0.29, 0.717) is 23.6 Å². The molecule has 1 aliphatic heterocycles. The second-order valence-corrected chi connectivity index (χ2v) is 6.05. The Morgan fingerprint density at radius 2 is 2.00 bits per heavy atom. The van der Waals surface area contributed by atoms with Crippen molar-refractivity contribution in [1.82, 2.24) is 15.1 Å². The van der Waals surface area contributed by atoms with E-state index in [1.54, 1.807) is 38.4 Å². The predicted octanol–water partition coefficient (Wildman–Crippen LogP) is 1.15. The first-order valence-electron chi connectivity index (χ1n) is 7.45. The molecule has 23 heavy (non-hydrogen) atoms. The average Bonchev–Trinajstić information content (AvgIpc) is 3.01. The van der Waals surface area contributed by atoms with Crippen molar-refractivity contribution >= 4 is 29.3 Å². The van der Waals surface area contributed by atoms with Crippen molar-refractivity contribution in [3.8, 4) is 0 Å². The Labute approximate surface area is 140 Å². The summed E-state index contributed by atoms with van der Waals surface area (Å²) < 4.78 is 0. The molecule has 0 bridgehead atoms. The first-order valence-corrected chi connectivity index (χ1v) is 7.83. The van der Waals surface area contributed by atoms with Gasteiger partial charge in [-0.1, -0.05) is 23.7 Å². The summed E-state index contributed by atoms with van der Waals surface area (Å²) in [6.45, 7) is 0.381. The zero-order valence-electron chi connectivity index (χ0n) is 13.2. The number of nitrogens with one attached hydrogen (secondary N) is 1. The number of carbonyl (C=O) groups is 3. The summed E-state index contributed by atoms with van der Waals surface area (Å²) in [6, 6.07) is 6.21. The van der Waals surface area contributed by atoms with Crippen molar-refractivity contribution < 1.29 is 14.4 Å². The van der Waals surface area contributed by atoms with E-state index < -0.39 is 11.9 Å². The van der Waals surface area contributed by atoms with Gasteiger partial charge in [-0.2, -0.15) is 0 Å². The molecule has 0 saturated carbocycles. The number of benzene rings is 1. The third-order valence-electron chi connectivity index (χ3n) is 3.82. The van der Waals surface area contributed by atoms with Crippen LogP contribution in [0.4, 0.5) is 0 Å². The molecule has 124 valence electrons. The molecule has 1 aromatic rings. The van der Waals surface area contributed by atoms with Gasteiger partial charge in [0, 0.05) is 20.6 Å². The van der Waals surface area contributed by atoms with E-state index in [-0.39, 0.29) is 18.4 Å². The maximum atomic E-state index is 12.3. The van der Waals surface area contributed by atoms with Gasteiger partial charge in [0.05, 0.1) is 17.1 Å². The van der Waals surface area contributed by atoms with E-state index in [1.165, 1.54) is 9.80 Å². The molecule has 2 rings (SSSR count). The highest BCUT2D eigenvalue weighted by Gasteiger charge is 2.34. The average molecular weight is 338 g/mol. The van der Waals surface area contributed by atoms with Crippen LogP contribution in [0.15, 0.2) is 24.3 Å². The molecule has 0 aliphatic carbocycles. The Balaban J connectivity index is 1.95. The van der Waals surface area contributed by atoms with Gasteiger partial charge in [0.25, 0.3) is 5.91 Å². The summed E-state index contributed by atoms with van der Waals surface area (Å²) in [5.41, 5.74) is 0.323. The molecule has 1 unspecified atom stereocenters. The fourth-order valence-corrected chi connectivity index (χ4v) is 2.84. The van der Waals surface area contributed by atoms with Gasteiger partial charge in [-0.25, -0.2) is 0 Å². The maximum absolute atomic E-state index is 12.3. The lowest BCUT2D eigenvalue weighted by molar-refractivity contribution is -0.141. The summed E-state index contributed by atoms with van der Waals surface area (Å²) in [5.74, 6) is -0.755. The van der Waals surface area contributed by atoms with Crippen molar-refractivity contribution in [1.29, 1.82) is 0 Å². The molecule has 0 radical (unpaired) electrons. The van der Waals surface area contributed by atoms with Crippen LogP contribution < -0.4 is 5.32 Å². The van der Waals surface area contributed by atoms with E-state index in [2.05, 4.69) is 5.32 Å². The Hall–Kier alpha value is -2.08. The largest absolute Gasteiger partial charge is 0.347 e. The smallest absolute Gasteiger partial charge is 0.253 e. The number of carbonyl (C=O) groups excluding carboxylic acids is 3. The van der Waals surface area contributed by atoms with E-state index >= 15 is 0 Å². The standard InChI is InChI=1S/C16H20ClN3O3/c1-19(2)16(23)13-8-5-9-20(13)14(21)10-18-15(22)11-6-3-4-7-12(11)17/h3-4,6-7,13H,5,8-10H2,1-2H3,(H,18,22). The van der Waals surface area contributed by atoms with Crippen LogP contribution in [0.1, 0.15) is 23.2 Å². The van der Waals surface area contributed by atoms with Crippen LogP contribution in [-0.4, -0.2) is 60.7 Å². The van der Waals surface area contributed by atoms with Crippen LogP contribution in [0.25, 0.3) is 0 Å². The molecular weight excluding hydrogens is 318 g/mol. The fraction of sp³-hybridized carbons (Fsp3) is 0.438. The number of rotatable bonds is 4. The minimum Gasteiger partial charge on any atom is -0.347 e. The molecule has 1 aliphatic rings. The van der Waals surface area contributed by atoms with Crippen LogP contribution in [0.5, 0.6) is 0 Å². The Morgan fingerprint density at radius 3 is 2.65 bits per heavy atom. The van der Waals surface area contributed by atoms with Crippen LogP contribution in [0, 0.1) is 0 Å². The van der Waals surface area contributed by atoms with Gasteiger partial charge in [-0.05, 0) is 25.0 Å². The zero-order chi connectivity index (χ0) is 17.0. The molecule has 6 nitrogen and oxygen atoms in total. The van der Waals surface area contributed by atoms with Crippen LogP contribution in [-0.2, 0) is 9.59 Å². The number of likely N-dealkylation sites (N-methyl/N-ethyl adjacent to an activating group) is 1. The highest BCUT2D eigenvalue weighted by molar-refractivity contribution is 6.33. The van der Waals surface area contributed by atoms with Crippen LogP contribution in [0.2, 0.25) is 5.02 Å². The molecule has 3 amide bonds. The van der Waals surface area contributed by atoms with Gasteiger partial charge >= 0.3 is 0 Å². The summed E-state index contributed by atoms with van der Waals surface area (Å²) in [7, 11) is 3.34. The molecule has 0 aromatic heterocycles. The molecule has 1 N–H and O–H groups in total. The summed E-state index contributed by atoms with van der Waals surface area (Å²) >= 11 is 5.95. The van der Waals surface area contributed by atoms with E-state index in [1.807, 2.05) is 0 Å². The summed E-state index contributed by atoms with van der Waals surface area (Å²) in [6.07, 6.45) is 1.44. The lowest BCUT2D eigenvalue weighted by Crippen LogP contribution is -2.48. The highest BCUT2D eigenvalue weighted by atomic mass is 35.5. The molecule has 1 saturated heterocycles. The van der Waals surface area contributed by atoms with E-state index in [4.69, 9.17) is 11.6 Å². The van der Waals surface area contributed by atoms with Crippen LogP contribution >= 0.6 is 11.6 Å². The number of hydrogen-bond acceptors (Lipinski definition) is 3. The van der Waals surface area contributed by atoms with Gasteiger partial charge in [0.1, 0.15) is 6.04 Å². The minimum absolute atomic E-state index is 0.0896. The first-order chi connectivity index (χ1) is 10.9. The van der Waals surface area contributed by atoms with Gasteiger partial charge in [0.15, 0.2) is 0 Å². The normalized spacial score (nSPS) is 17.0. The number of likely N-dealkylation sites (tertiary alicyclic amines) is 1. The lowest BCUT2D eigenvalue weighted by Gasteiger charge is -2.26. The van der Waals surface area contributed by atoms with Crippen molar-refractivity contribution in [3.05, 3.63) is 34.9 Å². The Bertz CT molecular complexity index is 618. The van der Waals surface area contributed by atoms with Crippen molar-refractivity contribution in [2.45, 2.75) is 18.9 Å². The molecule has 1 fully saturated rings. The van der Waals surface area contributed by atoms with Crippen molar-refractivity contribution in [3.63, 3.8) is 0 Å². The topological polar surface area (TPSA) is 69.7 Å². The van der Waals surface area contributed by atoms with Crippen molar-refractivity contribution in [2.75, 3.05) is 27.2 Å². The molecule has 0 spiro atoms. The summed E-state index contributed by atoms with van der Waals surface area (Å²) in [5, 5.41) is 2.90. The van der Waals surface area contributed by atoms with Gasteiger partial charge in [-0.3, -0.25) is 14.4 Å². The third-order valence-corrected chi connectivity index (χ3v) is 4.15. The summed E-state index contributed by atoms with van der Waals surface area (Å²) in [4.78, 5) is 39.5. The fourth-order valence-electron chi connectivity index (χ4n) is 2.62. The van der Waals surface area contributed by atoms with Gasteiger partial charge in [-0.15, -0.1) is 0 Å². The lowest BCUT2D eigenvalue weighted by atomic mass is 10.2. The molecule has 1 aromatic carbocycles. The Morgan fingerprint density at radius 1 is 1.30 bits per heavy atom. The monoisotopic (exact) mass is 337 g/mol. The maximum Gasteiger partial charge on any atom is 0.253 e. The molecular formula is C16H20ClN3O3. The Kier molecular flexibility index (Phi) is 5.60. The predicted molar refractivity (Wildman–Crippen MR) is 87.2 cm³/mol. The molecule has 1 heterocycles. The van der Waals surface area contributed by atoms with Gasteiger partial charge < -0.3 is 15.1 Å². The second kappa shape index (κ2) is 7.46. The second-order valence-electron chi connectivity index (χ2n) is 5.64. The van der Waals surface area contributed by atoms with Crippen LogP contribution in [0.3, 0.4) is 0 Å². The quantitative estimate of drug-likeness (QED) is 0.896. The zero-order valence-corrected chi connectivity index (χ0v) is 14.0. The van der Waals surface area contributed by atoms with Gasteiger partial charge in [0.2, 0.25) is 11.8 Å². The first kappa shape index (κ1) is 17.3. The minimum atomic E-state index is -0.435. The number of amides is 3. The molecule has 1 atom stereocenters. The number of hydrogen-bond donors (Lipinski definition) is 1. The highest BCUT2D eigenvalue weighted by Crippen LogP contribution is 2.19. The van der Waals surface area contributed by atoms with E-state index in [0.717, 1.165) is 6.42 Å². The number of halogens is 1. The molecule has 7 heteroatoms. The van der Waals surface area contributed by atoms with E-state index in [9.17, 15) is 14.4 Å². The number of nitrogens with zero attached hydrogens (tertiary/aromatic N) is 2. The van der Waals surface area contributed by atoms with Crippen molar-refractivity contribution in [2.24, 2.45) is 0 Å².